The third-order valence-electron chi connectivity index (χ3n) is 5.11. The van der Waals surface area contributed by atoms with Gasteiger partial charge in [0.25, 0.3) is 0 Å². The van der Waals surface area contributed by atoms with Crippen molar-refractivity contribution >= 4 is 23.8 Å². The minimum absolute atomic E-state index is 0.105. The number of aliphatic carboxylic acids is 1. The molecule has 3 atom stereocenters. The fraction of sp³-hybridized carbons (Fsp3) is 0.273. The summed E-state index contributed by atoms with van der Waals surface area (Å²) in [7, 11) is 0. The van der Waals surface area contributed by atoms with Gasteiger partial charge in [0.05, 0.1) is 12.5 Å². The van der Waals surface area contributed by atoms with Gasteiger partial charge in [-0.2, -0.15) is 0 Å². The lowest BCUT2D eigenvalue weighted by Crippen LogP contribution is -2.39. The number of likely N-dealkylation sites (tertiary alicyclic amines) is 1. The quantitative estimate of drug-likeness (QED) is 0.554. The summed E-state index contributed by atoms with van der Waals surface area (Å²) in [5.74, 6) is -2.78. The van der Waals surface area contributed by atoms with Crippen molar-refractivity contribution in [1.82, 2.24) is 4.90 Å². The van der Waals surface area contributed by atoms with E-state index in [2.05, 4.69) is 0 Å². The number of benzene rings is 2. The molecule has 2 aromatic carbocycles. The van der Waals surface area contributed by atoms with Crippen molar-refractivity contribution in [2.24, 2.45) is 0 Å². The zero-order valence-electron chi connectivity index (χ0n) is 16.2. The Morgan fingerprint density at radius 2 is 1.67 bits per heavy atom. The summed E-state index contributed by atoms with van der Waals surface area (Å²) < 4.78 is 5.38. The number of amides is 1. The fourth-order valence-electron chi connectivity index (χ4n) is 3.44. The molecule has 2 N–H and O–H groups in total. The molecule has 3 rings (SSSR count). The molecule has 1 aliphatic heterocycles. The maximum atomic E-state index is 12.6. The van der Waals surface area contributed by atoms with Crippen LogP contribution in [0, 0.1) is 0 Å². The van der Waals surface area contributed by atoms with Crippen LogP contribution in [-0.4, -0.2) is 57.6 Å². The van der Waals surface area contributed by atoms with Gasteiger partial charge in [-0.3, -0.25) is 14.5 Å². The molecule has 0 aromatic heterocycles. The molecule has 0 bridgehead atoms. The summed E-state index contributed by atoms with van der Waals surface area (Å²) in [5, 5.41) is 18.3. The largest absolute Gasteiger partial charge is 0.480 e. The number of carbonyl (C=O) groups excluding carboxylic acids is 2. The van der Waals surface area contributed by atoms with Crippen molar-refractivity contribution in [2.75, 3.05) is 6.54 Å². The molecular weight excluding hydrogens is 390 g/mol. The van der Waals surface area contributed by atoms with Crippen LogP contribution in [0.15, 0.2) is 54.6 Å². The van der Waals surface area contributed by atoms with E-state index in [1.54, 1.807) is 55.5 Å². The highest BCUT2D eigenvalue weighted by molar-refractivity contribution is 6.09. The lowest BCUT2D eigenvalue weighted by Gasteiger charge is -2.17. The second-order valence-electron chi connectivity index (χ2n) is 7.13. The fourth-order valence-corrected chi connectivity index (χ4v) is 3.44. The Morgan fingerprint density at radius 1 is 1.00 bits per heavy atom. The Balaban J connectivity index is 1.70. The first-order valence-corrected chi connectivity index (χ1v) is 9.40. The van der Waals surface area contributed by atoms with Gasteiger partial charge in [0, 0.05) is 17.5 Å². The van der Waals surface area contributed by atoms with Crippen LogP contribution in [0.1, 0.15) is 40.7 Å². The standard InChI is InChI=1S/C22H21NO7/c1-13(21(27)30-17-11-18(20(25)26)23(12-17)22(28)29)15-8-5-9-16(10-15)19(24)14-6-3-2-4-7-14/h2-10,13,17-18H,11-12H2,1H3,(H,25,26)(H,28,29)/t13-,17-,18+/m1/s1. The Hall–Kier alpha value is -3.68. The highest BCUT2D eigenvalue weighted by Gasteiger charge is 2.42. The van der Waals surface area contributed by atoms with Crippen LogP contribution < -0.4 is 0 Å². The average Bonchev–Trinajstić information content (AvgIpc) is 3.18. The van der Waals surface area contributed by atoms with Gasteiger partial charge < -0.3 is 14.9 Å². The Labute approximate surface area is 172 Å². The van der Waals surface area contributed by atoms with Gasteiger partial charge in [0.15, 0.2) is 5.78 Å². The minimum Gasteiger partial charge on any atom is -0.480 e. The maximum Gasteiger partial charge on any atom is 0.408 e. The molecule has 1 fully saturated rings. The Kier molecular flexibility index (Phi) is 6.15. The van der Waals surface area contributed by atoms with Crippen molar-refractivity contribution in [3.05, 3.63) is 71.3 Å². The van der Waals surface area contributed by atoms with E-state index in [9.17, 15) is 24.3 Å². The molecule has 0 unspecified atom stereocenters. The Morgan fingerprint density at radius 3 is 2.27 bits per heavy atom. The predicted octanol–water partition coefficient (Wildman–Crippen LogP) is 2.77. The van der Waals surface area contributed by atoms with E-state index >= 15 is 0 Å². The second kappa shape index (κ2) is 8.77. The molecule has 2 aromatic rings. The molecular formula is C22H21NO7. The van der Waals surface area contributed by atoms with Crippen LogP contribution in [0.5, 0.6) is 0 Å². The zero-order chi connectivity index (χ0) is 21.8. The molecule has 8 heteroatoms. The first-order chi connectivity index (χ1) is 14.3. The average molecular weight is 411 g/mol. The van der Waals surface area contributed by atoms with Crippen molar-refractivity contribution in [2.45, 2.75) is 31.4 Å². The summed E-state index contributed by atoms with van der Waals surface area (Å²) in [5.41, 5.74) is 1.54. The summed E-state index contributed by atoms with van der Waals surface area (Å²) >= 11 is 0. The van der Waals surface area contributed by atoms with E-state index in [0.29, 0.717) is 16.7 Å². The SMILES string of the molecule is C[C@@H](C(=O)O[C@@H]1C[C@@H](C(=O)O)N(C(=O)O)C1)c1cccc(C(=O)c2ccccc2)c1. The molecule has 8 nitrogen and oxygen atoms in total. The van der Waals surface area contributed by atoms with E-state index in [1.807, 2.05) is 6.07 Å². The molecule has 0 spiro atoms. The van der Waals surface area contributed by atoms with Crippen molar-refractivity contribution in [1.29, 1.82) is 0 Å². The highest BCUT2D eigenvalue weighted by atomic mass is 16.5. The van der Waals surface area contributed by atoms with Crippen molar-refractivity contribution in [3.8, 4) is 0 Å². The van der Waals surface area contributed by atoms with E-state index in [1.165, 1.54) is 0 Å². The van der Waals surface area contributed by atoms with Gasteiger partial charge in [-0.1, -0.05) is 48.5 Å². The van der Waals surface area contributed by atoms with E-state index in [4.69, 9.17) is 9.84 Å². The van der Waals surface area contributed by atoms with Crippen LogP contribution in [0.4, 0.5) is 4.79 Å². The van der Waals surface area contributed by atoms with Crippen LogP contribution in [0.3, 0.4) is 0 Å². The topological polar surface area (TPSA) is 121 Å². The first kappa shape index (κ1) is 21.0. The third-order valence-corrected chi connectivity index (χ3v) is 5.11. The lowest BCUT2D eigenvalue weighted by atomic mass is 9.96. The normalized spacial score (nSPS) is 19.2. The van der Waals surface area contributed by atoms with E-state index < -0.39 is 36.1 Å². The molecule has 0 saturated carbocycles. The number of carboxylic acid groups (broad SMARTS) is 2. The monoisotopic (exact) mass is 411 g/mol. The van der Waals surface area contributed by atoms with Crippen LogP contribution in [0.25, 0.3) is 0 Å². The number of nitrogens with zero attached hydrogens (tertiary/aromatic N) is 1. The van der Waals surface area contributed by atoms with Crippen LogP contribution in [0.2, 0.25) is 0 Å². The number of ether oxygens (including phenoxy) is 1. The molecule has 0 radical (unpaired) electrons. The first-order valence-electron chi connectivity index (χ1n) is 9.40. The van der Waals surface area contributed by atoms with Gasteiger partial charge >= 0.3 is 18.0 Å². The molecule has 30 heavy (non-hydrogen) atoms. The zero-order valence-corrected chi connectivity index (χ0v) is 16.2. The summed E-state index contributed by atoms with van der Waals surface area (Å²) in [6, 6.07) is 14.2. The van der Waals surface area contributed by atoms with E-state index in [-0.39, 0.29) is 18.7 Å². The highest BCUT2D eigenvalue weighted by Crippen LogP contribution is 2.25. The van der Waals surface area contributed by atoms with Gasteiger partial charge in [0.2, 0.25) is 0 Å². The van der Waals surface area contributed by atoms with Crippen molar-refractivity contribution < 1.29 is 34.1 Å². The number of hydrogen-bond donors (Lipinski definition) is 2. The van der Waals surface area contributed by atoms with Gasteiger partial charge in [-0.05, 0) is 18.6 Å². The van der Waals surface area contributed by atoms with Crippen LogP contribution in [-0.2, 0) is 14.3 Å². The second-order valence-corrected chi connectivity index (χ2v) is 7.13. The smallest absolute Gasteiger partial charge is 0.408 e. The molecule has 1 aliphatic rings. The Bertz CT molecular complexity index is 950. The third kappa shape index (κ3) is 4.48. The molecule has 1 heterocycles. The van der Waals surface area contributed by atoms with Gasteiger partial charge in [0.1, 0.15) is 12.1 Å². The number of ketones is 1. The number of hydrogen-bond acceptors (Lipinski definition) is 5. The molecule has 156 valence electrons. The lowest BCUT2D eigenvalue weighted by molar-refractivity contribution is -0.150. The molecule has 0 aliphatic carbocycles. The molecule has 1 amide bonds. The predicted molar refractivity (Wildman–Crippen MR) is 105 cm³/mol. The van der Waals surface area contributed by atoms with Crippen molar-refractivity contribution in [3.63, 3.8) is 0 Å². The number of carbonyl (C=O) groups is 4. The number of rotatable bonds is 6. The summed E-state index contributed by atoms with van der Waals surface area (Å²) in [6.07, 6.45) is -2.32. The molecule has 1 saturated heterocycles. The van der Waals surface area contributed by atoms with E-state index in [0.717, 1.165) is 4.90 Å². The number of carboxylic acids is 1. The van der Waals surface area contributed by atoms with Gasteiger partial charge in [-0.15, -0.1) is 0 Å². The van der Waals surface area contributed by atoms with Gasteiger partial charge in [-0.25, -0.2) is 9.59 Å². The number of esters is 1. The summed E-state index contributed by atoms with van der Waals surface area (Å²) in [4.78, 5) is 48.4. The maximum absolute atomic E-state index is 12.6. The minimum atomic E-state index is -1.37. The summed E-state index contributed by atoms with van der Waals surface area (Å²) in [6.45, 7) is 1.42. The van der Waals surface area contributed by atoms with Crippen LogP contribution >= 0.6 is 0 Å².